The molecule has 0 radical (unpaired) electrons. The van der Waals surface area contributed by atoms with E-state index in [1.807, 2.05) is 182 Å². The van der Waals surface area contributed by atoms with Crippen molar-refractivity contribution in [1.82, 2.24) is 50.3 Å². The molecule has 4 heterocycles. The van der Waals surface area contributed by atoms with Crippen molar-refractivity contribution in [1.29, 1.82) is 0 Å². The molecule has 0 saturated heterocycles. The highest BCUT2D eigenvalue weighted by Crippen LogP contribution is 2.32. The monoisotopic (exact) mass is 1010 g/mol. The van der Waals surface area contributed by atoms with Crippen LogP contribution in [-0.4, -0.2) is 57.8 Å². The Morgan fingerprint density at radius 1 is 0.442 bits per heavy atom. The van der Waals surface area contributed by atoms with Gasteiger partial charge >= 0.3 is 18.2 Å². The van der Waals surface area contributed by atoms with Crippen LogP contribution < -0.4 is 36.7 Å². The molecule has 12 rings (SSSR count). The van der Waals surface area contributed by atoms with Crippen molar-refractivity contribution in [2.75, 3.05) is 21.3 Å². The Morgan fingerprint density at radius 3 is 1.47 bits per heavy atom. The van der Waals surface area contributed by atoms with Crippen LogP contribution in [0.3, 0.4) is 0 Å². The zero-order valence-corrected chi connectivity index (χ0v) is 40.8. The van der Waals surface area contributed by atoms with E-state index < -0.39 is 6.09 Å². The number of carbonyl (C=O) groups excluding carboxylic acids is 3. The first-order valence-corrected chi connectivity index (χ1v) is 24.5. The third-order valence-corrected chi connectivity index (χ3v) is 12.5. The summed E-state index contributed by atoms with van der Waals surface area (Å²) < 4.78 is 1.17. The summed E-state index contributed by atoms with van der Waals surface area (Å²) in [5.74, 6) is 2.05. The smallest absolute Gasteiger partial charge is 0.340 e. The molecule has 374 valence electrons. The topological polar surface area (TPSA) is 220 Å². The molecular weight excluding hydrogens is 969 g/mol. The van der Waals surface area contributed by atoms with E-state index in [0.29, 0.717) is 92.1 Å². The summed E-state index contributed by atoms with van der Waals surface area (Å²) in [6, 6.07) is 59.8. The van der Waals surface area contributed by atoms with Gasteiger partial charge in [0.05, 0.1) is 28.9 Å². The molecule has 0 atom stereocenters. The first-order chi connectivity index (χ1) is 37.8. The lowest BCUT2D eigenvalue weighted by atomic mass is 10.1. The molecule has 18 heteroatoms. The third kappa shape index (κ3) is 10.5. The van der Waals surface area contributed by atoms with Crippen LogP contribution in [0.25, 0.3) is 66.4 Å². The van der Waals surface area contributed by atoms with E-state index in [1.165, 1.54) is 4.68 Å². The summed E-state index contributed by atoms with van der Waals surface area (Å²) in [4.78, 5) is 65.9. The van der Waals surface area contributed by atoms with Gasteiger partial charge in [-0.1, -0.05) is 114 Å². The molecule has 77 heavy (non-hydrogen) atoms. The van der Waals surface area contributed by atoms with Crippen molar-refractivity contribution in [3.63, 3.8) is 0 Å². The molecule has 0 spiro atoms. The molecule has 6 N–H and O–H groups in total. The number of fused-ring (bicyclic) bond motifs is 4. The number of aromatic nitrogens is 8. The fourth-order valence-electron chi connectivity index (χ4n) is 8.78. The second-order valence-electron chi connectivity index (χ2n) is 17.8. The molecule has 0 aliphatic heterocycles. The van der Waals surface area contributed by atoms with Crippen LogP contribution >= 0.6 is 0 Å². The maximum absolute atomic E-state index is 13.7. The predicted octanol–water partition coefficient (Wildman–Crippen LogP) is 11.8. The van der Waals surface area contributed by atoms with Gasteiger partial charge in [0.2, 0.25) is 0 Å². The largest absolute Gasteiger partial charge is 0.461 e. The van der Waals surface area contributed by atoms with E-state index in [1.54, 1.807) is 24.5 Å². The number of nitrogens with one attached hydrogen (secondary N) is 6. The molecular formula is C59H44N14O4. The second kappa shape index (κ2) is 20.8. The number of hydrogen-bond donors (Lipinski definition) is 6. The zero-order chi connectivity index (χ0) is 52.1. The van der Waals surface area contributed by atoms with Crippen LogP contribution in [0.1, 0.15) is 11.1 Å². The van der Waals surface area contributed by atoms with Gasteiger partial charge in [0.1, 0.15) is 17.2 Å². The maximum Gasteiger partial charge on any atom is 0.461 e. The Labute approximate surface area is 438 Å². The summed E-state index contributed by atoms with van der Waals surface area (Å²) in [5.41, 5.74) is 8.48. The van der Waals surface area contributed by atoms with Crippen molar-refractivity contribution in [3.8, 4) is 22.8 Å². The van der Waals surface area contributed by atoms with E-state index in [2.05, 4.69) is 42.1 Å². The highest BCUT2D eigenvalue weighted by atomic mass is 16.7. The van der Waals surface area contributed by atoms with E-state index in [9.17, 15) is 14.4 Å². The van der Waals surface area contributed by atoms with Gasteiger partial charge in [-0.05, 0) is 96.1 Å². The lowest BCUT2D eigenvalue weighted by Crippen LogP contribution is -2.28. The summed E-state index contributed by atoms with van der Waals surface area (Å²) >= 11 is 0. The highest BCUT2D eigenvalue weighted by molar-refractivity contribution is 5.97. The standard InChI is InChI=1S/C59H44N14O4/c74-57(60-33-37-13-3-1-4-14-37)66-43-19-11-17-39(29-43)53-68-49-23-9-7-21-47(49)55(70-53)64-45-25-27-51-41(31-45)35-62-72(51)59(76)77-73-52-28-26-46(32-42(52)36-63-73)65-56-48-22-8-10-24-50(48)69-54(71-56)40-18-12-20-44(30-40)67-58(75)61-34-38-15-5-2-6-16-38/h1-32,35-36H,33-34H2,(H2,60,66,74)(H2,61,67,75)(H,64,68,70)(H,65,69,71). The van der Waals surface area contributed by atoms with Crippen LogP contribution in [0.4, 0.5) is 48.8 Å². The molecule has 12 aromatic rings. The second-order valence-corrected chi connectivity index (χ2v) is 17.8. The molecule has 4 amide bonds. The van der Waals surface area contributed by atoms with Gasteiger partial charge < -0.3 is 31.9 Å². The molecule has 18 nitrogen and oxygen atoms in total. The minimum atomic E-state index is -0.767. The molecule has 0 aliphatic carbocycles. The predicted molar refractivity (Wildman–Crippen MR) is 298 cm³/mol. The van der Waals surface area contributed by atoms with Crippen LogP contribution in [0.15, 0.2) is 207 Å². The van der Waals surface area contributed by atoms with Crippen LogP contribution in [0, 0.1) is 0 Å². The quantitative estimate of drug-likeness (QED) is 0.0635. The third-order valence-electron chi connectivity index (χ3n) is 12.5. The Hall–Kier alpha value is -11.0. The lowest BCUT2D eigenvalue weighted by Gasteiger charge is -2.13. The summed E-state index contributed by atoms with van der Waals surface area (Å²) in [6.45, 7) is 0.782. The van der Waals surface area contributed by atoms with Crippen LogP contribution in [-0.2, 0) is 13.1 Å². The number of para-hydroxylation sites is 2. The van der Waals surface area contributed by atoms with Crippen molar-refractivity contribution in [2.24, 2.45) is 0 Å². The maximum atomic E-state index is 13.7. The molecule has 0 aliphatic rings. The van der Waals surface area contributed by atoms with Crippen molar-refractivity contribution in [3.05, 3.63) is 218 Å². The molecule has 4 aromatic heterocycles. The average molecular weight is 1010 g/mol. The summed E-state index contributed by atoms with van der Waals surface area (Å²) in [7, 11) is 0. The number of benzene rings is 8. The van der Waals surface area contributed by atoms with Crippen molar-refractivity contribution < 1.29 is 19.2 Å². The molecule has 0 bridgehead atoms. The Balaban J connectivity index is 0.728. The van der Waals surface area contributed by atoms with E-state index in [0.717, 1.165) is 37.8 Å². The van der Waals surface area contributed by atoms with E-state index in [4.69, 9.17) is 24.8 Å². The molecule has 0 fully saturated rings. The van der Waals surface area contributed by atoms with Gasteiger partial charge in [-0.25, -0.2) is 34.3 Å². The zero-order valence-electron chi connectivity index (χ0n) is 40.8. The number of anilines is 6. The number of rotatable bonds is 13. The van der Waals surface area contributed by atoms with Gasteiger partial charge in [-0.2, -0.15) is 9.78 Å². The summed E-state index contributed by atoms with van der Waals surface area (Å²) in [6.07, 6.45) is 2.42. The van der Waals surface area contributed by atoms with Crippen LogP contribution in [0.2, 0.25) is 0 Å². The van der Waals surface area contributed by atoms with Gasteiger partial charge in [0.15, 0.2) is 11.6 Å². The number of hydrogen-bond acceptors (Lipinski definition) is 12. The molecule has 0 saturated carbocycles. The normalized spacial score (nSPS) is 11.1. The lowest BCUT2D eigenvalue weighted by molar-refractivity contribution is 0.121. The van der Waals surface area contributed by atoms with Gasteiger partial charge in [-0.3, -0.25) is 4.84 Å². The number of carbonyl (C=O) groups is 3. The van der Waals surface area contributed by atoms with Gasteiger partial charge in [0.25, 0.3) is 0 Å². The van der Waals surface area contributed by atoms with Crippen LogP contribution in [0.5, 0.6) is 0 Å². The first kappa shape index (κ1) is 47.0. The number of urea groups is 2. The highest BCUT2D eigenvalue weighted by Gasteiger charge is 2.19. The van der Waals surface area contributed by atoms with E-state index >= 15 is 0 Å². The van der Waals surface area contributed by atoms with Crippen molar-refractivity contribution in [2.45, 2.75) is 13.1 Å². The van der Waals surface area contributed by atoms with Gasteiger partial charge in [0, 0.05) is 68.5 Å². The Bertz CT molecular complexity index is 4190. The minimum absolute atomic E-state index is 0.331. The number of amides is 4. The first-order valence-electron chi connectivity index (χ1n) is 24.5. The number of nitrogens with zero attached hydrogens (tertiary/aromatic N) is 8. The average Bonchev–Trinajstić information content (AvgIpc) is 4.10. The fraction of sp³-hybridized carbons (Fsp3) is 0.0339. The Kier molecular flexibility index (Phi) is 12.7. The van der Waals surface area contributed by atoms with Gasteiger partial charge in [-0.15, -0.1) is 5.10 Å². The fourth-order valence-corrected chi connectivity index (χ4v) is 8.78. The molecule has 0 unspecified atom stereocenters. The summed E-state index contributed by atoms with van der Waals surface area (Å²) in [5, 5.41) is 30.2. The minimum Gasteiger partial charge on any atom is -0.340 e. The Morgan fingerprint density at radius 2 is 0.922 bits per heavy atom. The van der Waals surface area contributed by atoms with E-state index in [-0.39, 0.29) is 12.1 Å². The molecule has 8 aromatic carbocycles. The SMILES string of the molecule is O=C(NCc1ccccc1)Nc1cccc(-c2nc(Nc3ccc4c(cnn4OC(=O)n4ncc5cc(Nc6nc(-c7cccc(NC(=O)NCc8ccccc8)c7)nc7ccccc67)ccc54)c3)c3ccccc3n2)c1. The van der Waals surface area contributed by atoms with Crippen molar-refractivity contribution >= 4 is 96.2 Å².